The van der Waals surface area contributed by atoms with Gasteiger partial charge in [0.15, 0.2) is 0 Å². The van der Waals surface area contributed by atoms with Crippen molar-refractivity contribution in [1.29, 1.82) is 0 Å². The molecule has 0 spiro atoms. The summed E-state index contributed by atoms with van der Waals surface area (Å²) in [7, 11) is 0. The van der Waals surface area contributed by atoms with Crippen LogP contribution in [0.15, 0.2) is 30.3 Å². The van der Waals surface area contributed by atoms with E-state index in [2.05, 4.69) is 0 Å². The Kier molecular flexibility index (Phi) is 8.87. The summed E-state index contributed by atoms with van der Waals surface area (Å²) in [6.45, 7) is -1.29. The third-order valence-electron chi connectivity index (χ3n) is 2.67. The average Bonchev–Trinajstić information content (AvgIpc) is 2.35. The van der Waals surface area contributed by atoms with E-state index in [1.165, 1.54) is 0 Å². The predicted molar refractivity (Wildman–Crippen MR) is 69.5 cm³/mol. The van der Waals surface area contributed by atoms with Crippen LogP contribution in [0.3, 0.4) is 0 Å². The van der Waals surface area contributed by atoms with Gasteiger partial charge >= 0.3 is 47.5 Å². The number of carboxylic acid groups (broad SMARTS) is 3. The molecule has 0 aliphatic carbocycles. The Hall–Kier alpha value is -1.41. The molecule has 1 atom stereocenters. The summed E-state index contributed by atoms with van der Waals surface area (Å²) in [5, 5.41) is 26.7. The maximum absolute atomic E-state index is 11.3. The van der Waals surface area contributed by atoms with Gasteiger partial charge in [0.25, 0.3) is 0 Å². The van der Waals surface area contributed by atoms with Crippen LogP contribution in [0.1, 0.15) is 6.99 Å². The second-order valence-electron chi connectivity index (χ2n) is 4.24. The van der Waals surface area contributed by atoms with Gasteiger partial charge in [-0.3, -0.25) is 19.3 Å². The van der Waals surface area contributed by atoms with E-state index in [0.717, 1.165) is 4.90 Å². The van der Waals surface area contributed by atoms with Crippen molar-refractivity contribution in [2.24, 2.45) is 0 Å². The molecule has 21 heavy (non-hydrogen) atoms. The molecule has 0 unspecified atom stereocenters. The van der Waals surface area contributed by atoms with Crippen LogP contribution >= 0.6 is 0 Å². The number of rotatable bonds is 8. The Morgan fingerprint density at radius 3 is 1.86 bits per heavy atom. The van der Waals surface area contributed by atoms with E-state index in [0.29, 0.717) is 5.56 Å². The topological polar surface area (TPSA) is 115 Å². The average molecular weight is 305 g/mol. The zero-order chi connectivity index (χ0) is 15.1. The summed E-state index contributed by atoms with van der Waals surface area (Å²) in [6.07, 6.45) is 0.0384. The molecule has 1 aromatic rings. The van der Waals surface area contributed by atoms with Crippen LogP contribution in [-0.2, 0) is 20.8 Å². The van der Waals surface area contributed by atoms with Gasteiger partial charge in [0.2, 0.25) is 0 Å². The van der Waals surface area contributed by atoms with E-state index in [1.807, 2.05) is 0 Å². The number of nitrogens with zero attached hydrogens (tertiary/aromatic N) is 1. The van der Waals surface area contributed by atoms with Gasteiger partial charge in [-0.1, -0.05) is 30.3 Å². The number of hydrogen-bond donors (Lipinski definition) is 3. The van der Waals surface area contributed by atoms with Gasteiger partial charge in [0, 0.05) is 0 Å². The number of carbonyl (C=O) groups is 3. The van der Waals surface area contributed by atoms with Crippen molar-refractivity contribution in [3.63, 3.8) is 0 Å². The smallest absolute Gasteiger partial charge is 1.00 e. The SMILES string of the molecule is O=C(O)CN(CC(=O)O)[C@@H](Cc1ccccc1)C(=O)O.[H-].[Na+]. The molecule has 0 amide bonds. The summed E-state index contributed by atoms with van der Waals surface area (Å²) in [5.74, 6) is -3.80. The Morgan fingerprint density at radius 2 is 1.48 bits per heavy atom. The van der Waals surface area contributed by atoms with Crippen molar-refractivity contribution in [2.45, 2.75) is 12.5 Å². The summed E-state index contributed by atoms with van der Waals surface area (Å²) in [5.41, 5.74) is 0.695. The fraction of sp³-hybridized carbons (Fsp3) is 0.308. The summed E-state index contributed by atoms with van der Waals surface area (Å²) in [4.78, 5) is 33.7. The van der Waals surface area contributed by atoms with E-state index >= 15 is 0 Å². The summed E-state index contributed by atoms with van der Waals surface area (Å²) in [6, 6.07) is 7.43. The van der Waals surface area contributed by atoms with Crippen molar-refractivity contribution in [2.75, 3.05) is 13.1 Å². The maximum atomic E-state index is 11.3. The number of aliphatic carboxylic acids is 3. The molecule has 0 saturated heterocycles. The molecule has 1 aromatic carbocycles. The number of carboxylic acids is 3. The normalized spacial score (nSPS) is 11.5. The van der Waals surface area contributed by atoms with Crippen molar-refractivity contribution in [3.8, 4) is 0 Å². The predicted octanol–water partition coefficient (Wildman–Crippen LogP) is -2.73. The standard InChI is InChI=1S/C13H15NO6.Na.H/c15-11(16)7-14(8-12(17)18)10(13(19)20)6-9-4-2-1-3-5-9;;/h1-5,10H,6-8H2,(H,15,16)(H,17,18)(H,19,20);;/q;+1;-1/t10-;;/m0../s1. The maximum Gasteiger partial charge on any atom is 1.00 e. The largest absolute Gasteiger partial charge is 1.00 e. The Bertz CT molecular complexity index is 483. The minimum absolute atomic E-state index is 0. The fourth-order valence-corrected chi connectivity index (χ4v) is 1.83. The van der Waals surface area contributed by atoms with Crippen LogP contribution in [0.4, 0.5) is 0 Å². The van der Waals surface area contributed by atoms with E-state index in [-0.39, 0.29) is 37.4 Å². The van der Waals surface area contributed by atoms with Crippen molar-refractivity contribution in [3.05, 3.63) is 35.9 Å². The molecule has 0 saturated carbocycles. The van der Waals surface area contributed by atoms with Gasteiger partial charge in [0.05, 0.1) is 13.1 Å². The quantitative estimate of drug-likeness (QED) is 0.447. The van der Waals surface area contributed by atoms with Crippen LogP contribution < -0.4 is 29.6 Å². The molecule has 0 aliphatic heterocycles. The van der Waals surface area contributed by atoms with Gasteiger partial charge in [-0.15, -0.1) is 0 Å². The van der Waals surface area contributed by atoms with E-state index in [4.69, 9.17) is 10.2 Å². The molecule has 0 aromatic heterocycles. The third kappa shape index (κ3) is 7.24. The zero-order valence-electron chi connectivity index (χ0n) is 12.6. The first-order valence-corrected chi connectivity index (χ1v) is 5.84. The molecule has 8 heteroatoms. The van der Waals surface area contributed by atoms with Gasteiger partial charge in [-0.2, -0.15) is 0 Å². The molecule has 0 bridgehead atoms. The molecule has 110 valence electrons. The summed E-state index contributed by atoms with van der Waals surface area (Å²) < 4.78 is 0. The molecular formula is C13H16NNaO6. The van der Waals surface area contributed by atoms with Crippen molar-refractivity contribution < 1.29 is 60.7 Å². The van der Waals surface area contributed by atoms with Gasteiger partial charge in [-0.05, 0) is 12.0 Å². The van der Waals surface area contributed by atoms with Crippen LogP contribution in [0.5, 0.6) is 0 Å². The van der Waals surface area contributed by atoms with Crippen LogP contribution in [-0.4, -0.2) is 57.3 Å². The minimum atomic E-state index is -1.27. The van der Waals surface area contributed by atoms with Crippen LogP contribution in [0, 0.1) is 0 Å². The van der Waals surface area contributed by atoms with E-state index in [9.17, 15) is 19.5 Å². The van der Waals surface area contributed by atoms with Crippen LogP contribution in [0.25, 0.3) is 0 Å². The molecule has 1 rings (SSSR count). The third-order valence-corrected chi connectivity index (χ3v) is 2.67. The first kappa shape index (κ1) is 19.6. The summed E-state index contributed by atoms with van der Waals surface area (Å²) >= 11 is 0. The molecule has 0 aliphatic rings. The van der Waals surface area contributed by atoms with E-state index < -0.39 is 37.0 Å². The molecule has 3 N–H and O–H groups in total. The van der Waals surface area contributed by atoms with Gasteiger partial charge in [-0.25, -0.2) is 0 Å². The zero-order valence-corrected chi connectivity index (χ0v) is 13.6. The number of benzene rings is 1. The molecule has 0 heterocycles. The molecule has 0 radical (unpaired) electrons. The Labute approximate surface area is 145 Å². The van der Waals surface area contributed by atoms with Gasteiger partial charge < -0.3 is 16.7 Å². The molecule has 7 nitrogen and oxygen atoms in total. The Morgan fingerprint density at radius 1 is 1.00 bits per heavy atom. The first-order chi connectivity index (χ1) is 9.40. The Balaban J connectivity index is 0. The molecule has 0 fully saturated rings. The first-order valence-electron chi connectivity index (χ1n) is 5.84. The van der Waals surface area contributed by atoms with Gasteiger partial charge in [0.1, 0.15) is 6.04 Å². The van der Waals surface area contributed by atoms with Crippen molar-refractivity contribution in [1.82, 2.24) is 4.90 Å². The second-order valence-corrected chi connectivity index (χ2v) is 4.24. The number of hydrogen-bond acceptors (Lipinski definition) is 4. The minimum Gasteiger partial charge on any atom is -1.00 e. The van der Waals surface area contributed by atoms with E-state index in [1.54, 1.807) is 30.3 Å². The molecular weight excluding hydrogens is 289 g/mol. The fourth-order valence-electron chi connectivity index (χ4n) is 1.83. The van der Waals surface area contributed by atoms with Crippen LogP contribution in [0.2, 0.25) is 0 Å². The monoisotopic (exact) mass is 305 g/mol. The van der Waals surface area contributed by atoms with Crippen molar-refractivity contribution >= 4 is 17.9 Å². The second kappa shape index (κ2) is 9.51.